The zero-order valence-corrected chi connectivity index (χ0v) is 11.6. The van der Waals surface area contributed by atoms with E-state index in [9.17, 15) is 13.2 Å². The summed E-state index contributed by atoms with van der Waals surface area (Å²) in [6, 6.07) is 0. The highest BCUT2D eigenvalue weighted by atomic mass is 19.4. The molecule has 0 unspecified atom stereocenters. The highest BCUT2D eigenvalue weighted by Crippen LogP contribution is 2.28. The molecule has 1 aliphatic heterocycles. The summed E-state index contributed by atoms with van der Waals surface area (Å²) in [7, 11) is 0. The van der Waals surface area contributed by atoms with Gasteiger partial charge in [-0.25, -0.2) is 4.98 Å². The number of terminal acetylenes is 1. The highest BCUT2D eigenvalue weighted by Gasteiger charge is 2.33. The summed E-state index contributed by atoms with van der Waals surface area (Å²) in [5.74, 6) is 2.88. The van der Waals surface area contributed by atoms with E-state index < -0.39 is 11.9 Å². The minimum absolute atomic E-state index is 0.281. The molecule has 0 radical (unpaired) electrons. The van der Waals surface area contributed by atoms with Crippen LogP contribution in [0.5, 0.6) is 0 Å². The Kier molecular flexibility index (Phi) is 5.02. The summed E-state index contributed by atoms with van der Waals surface area (Å²) in [4.78, 5) is 11.4. The maximum Gasteiger partial charge on any atom is 0.434 e. The van der Waals surface area contributed by atoms with Crippen molar-refractivity contribution >= 4 is 5.82 Å². The summed E-state index contributed by atoms with van der Waals surface area (Å²) in [6.45, 7) is 3.77. The first-order chi connectivity index (χ1) is 10.0. The van der Waals surface area contributed by atoms with Crippen molar-refractivity contribution < 1.29 is 13.2 Å². The summed E-state index contributed by atoms with van der Waals surface area (Å²) in [5, 5.41) is 0. The molecular weight excluding hydrogens is 281 g/mol. The summed E-state index contributed by atoms with van der Waals surface area (Å²) < 4.78 is 38.0. The van der Waals surface area contributed by atoms with Gasteiger partial charge in [-0.3, -0.25) is 4.98 Å². The Labute approximate surface area is 122 Å². The average Bonchev–Trinajstić information content (AvgIpc) is 2.70. The fourth-order valence-corrected chi connectivity index (χ4v) is 2.29. The van der Waals surface area contributed by atoms with Gasteiger partial charge in [0.2, 0.25) is 0 Å². The minimum Gasteiger partial charge on any atom is -0.354 e. The molecule has 0 N–H and O–H groups in total. The third kappa shape index (κ3) is 4.33. The zero-order valence-electron chi connectivity index (χ0n) is 11.6. The lowest BCUT2D eigenvalue weighted by Gasteiger charge is -2.22. The molecule has 1 saturated heterocycles. The predicted molar refractivity (Wildman–Crippen MR) is 73.8 cm³/mol. The number of hydrogen-bond donors (Lipinski definition) is 0. The number of aromatic nitrogens is 2. The number of rotatable bonds is 3. The smallest absolute Gasteiger partial charge is 0.354 e. The third-order valence-corrected chi connectivity index (χ3v) is 3.40. The third-order valence-electron chi connectivity index (χ3n) is 3.40. The van der Waals surface area contributed by atoms with Crippen LogP contribution in [0.3, 0.4) is 0 Å². The van der Waals surface area contributed by atoms with Crippen LogP contribution in [0.1, 0.15) is 18.5 Å². The molecule has 0 saturated carbocycles. The van der Waals surface area contributed by atoms with Gasteiger partial charge >= 0.3 is 6.18 Å². The fourth-order valence-electron chi connectivity index (χ4n) is 2.29. The Hall–Kier alpha value is -1.81. The summed E-state index contributed by atoms with van der Waals surface area (Å²) in [5.41, 5.74) is -0.951. The van der Waals surface area contributed by atoms with Crippen molar-refractivity contribution in [2.24, 2.45) is 0 Å². The Morgan fingerprint density at radius 3 is 2.71 bits per heavy atom. The molecule has 7 heteroatoms. The van der Waals surface area contributed by atoms with Crippen LogP contribution in [0.25, 0.3) is 0 Å². The normalized spacial score (nSPS) is 17.3. The molecule has 1 aromatic rings. The molecule has 0 spiro atoms. The van der Waals surface area contributed by atoms with E-state index in [1.54, 1.807) is 0 Å². The molecule has 1 aromatic heterocycles. The van der Waals surface area contributed by atoms with Crippen LogP contribution in [0.4, 0.5) is 19.0 Å². The molecule has 0 bridgehead atoms. The molecule has 1 fully saturated rings. The first kappa shape index (κ1) is 15.6. The van der Waals surface area contributed by atoms with Crippen molar-refractivity contribution in [2.75, 3.05) is 37.6 Å². The lowest BCUT2D eigenvalue weighted by atomic mass is 10.3. The SMILES string of the molecule is C#CCCN1CCCN(c2cncc(C(F)(F)F)n2)CC1. The van der Waals surface area contributed by atoms with Crippen molar-refractivity contribution in [2.45, 2.75) is 19.0 Å². The van der Waals surface area contributed by atoms with Crippen LogP contribution >= 0.6 is 0 Å². The minimum atomic E-state index is -4.46. The number of nitrogens with zero attached hydrogens (tertiary/aromatic N) is 4. The number of hydrogen-bond acceptors (Lipinski definition) is 4. The summed E-state index contributed by atoms with van der Waals surface area (Å²) >= 11 is 0. The molecule has 0 aliphatic carbocycles. The second-order valence-corrected chi connectivity index (χ2v) is 4.90. The molecule has 2 heterocycles. The largest absolute Gasteiger partial charge is 0.434 e. The Morgan fingerprint density at radius 2 is 2.00 bits per heavy atom. The van der Waals surface area contributed by atoms with E-state index in [0.29, 0.717) is 19.5 Å². The van der Waals surface area contributed by atoms with E-state index in [0.717, 1.165) is 32.3 Å². The van der Waals surface area contributed by atoms with Crippen LogP contribution in [0.2, 0.25) is 0 Å². The van der Waals surface area contributed by atoms with Crippen molar-refractivity contribution in [3.63, 3.8) is 0 Å². The van der Waals surface area contributed by atoms with Crippen LogP contribution in [-0.2, 0) is 6.18 Å². The highest BCUT2D eigenvalue weighted by molar-refractivity contribution is 5.37. The van der Waals surface area contributed by atoms with Crippen LogP contribution < -0.4 is 4.90 Å². The second-order valence-electron chi connectivity index (χ2n) is 4.90. The van der Waals surface area contributed by atoms with Gasteiger partial charge in [-0.15, -0.1) is 12.3 Å². The quantitative estimate of drug-likeness (QED) is 0.799. The molecular formula is C14H17F3N4. The van der Waals surface area contributed by atoms with Crippen molar-refractivity contribution in [3.05, 3.63) is 18.1 Å². The van der Waals surface area contributed by atoms with Crippen molar-refractivity contribution in [1.29, 1.82) is 0 Å². The van der Waals surface area contributed by atoms with Crippen molar-refractivity contribution in [1.82, 2.24) is 14.9 Å². The molecule has 2 rings (SSSR count). The lowest BCUT2D eigenvalue weighted by Crippen LogP contribution is -2.32. The van der Waals surface area contributed by atoms with E-state index in [4.69, 9.17) is 6.42 Å². The molecule has 0 aromatic carbocycles. The Bertz CT molecular complexity index is 510. The monoisotopic (exact) mass is 298 g/mol. The maximum atomic E-state index is 12.7. The van der Waals surface area contributed by atoms with Crippen LogP contribution in [0.15, 0.2) is 12.4 Å². The second kappa shape index (κ2) is 6.76. The standard InChI is InChI=1S/C14H17F3N4/c1-2-3-5-20-6-4-7-21(9-8-20)13-11-18-10-12(19-13)14(15,16)17/h1,10-11H,3-9H2. The van der Waals surface area contributed by atoms with Gasteiger partial charge < -0.3 is 9.80 Å². The van der Waals surface area contributed by atoms with E-state index in [-0.39, 0.29) is 5.82 Å². The average molecular weight is 298 g/mol. The zero-order chi connectivity index (χ0) is 15.3. The van der Waals surface area contributed by atoms with Crippen LogP contribution in [0, 0.1) is 12.3 Å². The first-order valence-electron chi connectivity index (χ1n) is 6.80. The molecule has 1 aliphatic rings. The molecule has 21 heavy (non-hydrogen) atoms. The van der Waals surface area contributed by atoms with Gasteiger partial charge in [-0.2, -0.15) is 13.2 Å². The van der Waals surface area contributed by atoms with Gasteiger partial charge in [0.1, 0.15) is 5.82 Å². The lowest BCUT2D eigenvalue weighted by molar-refractivity contribution is -0.141. The van der Waals surface area contributed by atoms with Gasteiger partial charge in [0.15, 0.2) is 5.69 Å². The Morgan fingerprint density at radius 1 is 1.19 bits per heavy atom. The number of anilines is 1. The predicted octanol–water partition coefficient (Wildman–Crippen LogP) is 2.03. The maximum absolute atomic E-state index is 12.7. The number of halogens is 3. The molecule has 0 amide bonds. The van der Waals surface area contributed by atoms with E-state index in [1.807, 2.05) is 4.90 Å². The van der Waals surface area contributed by atoms with E-state index in [1.165, 1.54) is 6.20 Å². The summed E-state index contributed by atoms with van der Waals surface area (Å²) in [6.07, 6.45) is 4.46. The molecule has 114 valence electrons. The van der Waals surface area contributed by atoms with Crippen LogP contribution in [-0.4, -0.2) is 47.6 Å². The van der Waals surface area contributed by atoms with Crippen molar-refractivity contribution in [3.8, 4) is 12.3 Å². The van der Waals surface area contributed by atoms with Gasteiger partial charge in [0.05, 0.1) is 12.4 Å². The van der Waals surface area contributed by atoms with Gasteiger partial charge in [0.25, 0.3) is 0 Å². The molecule has 0 atom stereocenters. The molecule has 4 nitrogen and oxygen atoms in total. The van der Waals surface area contributed by atoms with E-state index >= 15 is 0 Å². The van der Waals surface area contributed by atoms with Gasteiger partial charge in [0, 0.05) is 32.6 Å². The topological polar surface area (TPSA) is 32.3 Å². The number of alkyl halides is 3. The first-order valence-corrected chi connectivity index (χ1v) is 6.80. The van der Waals surface area contributed by atoms with E-state index in [2.05, 4.69) is 20.8 Å². The fraction of sp³-hybridized carbons (Fsp3) is 0.571. The van der Waals surface area contributed by atoms with Gasteiger partial charge in [-0.05, 0) is 13.0 Å². The van der Waals surface area contributed by atoms with Gasteiger partial charge in [-0.1, -0.05) is 0 Å². The Balaban J connectivity index is 2.04.